The standard InChI is InChI=1S/C15H18N2O4/c1-9(2)21-13-7-11(5-6-12(13)19-4)17-15(18)14-10(3)20-8-16-14/h5-9H,1-4H3,(H,17,18). The van der Waals surface area contributed by atoms with Crippen molar-refractivity contribution < 1.29 is 18.7 Å². The number of rotatable bonds is 5. The van der Waals surface area contributed by atoms with Gasteiger partial charge in [-0.05, 0) is 32.9 Å². The molecule has 0 bridgehead atoms. The molecule has 1 heterocycles. The van der Waals surface area contributed by atoms with Crippen LogP contribution in [0.25, 0.3) is 0 Å². The molecule has 0 aliphatic carbocycles. The predicted molar refractivity (Wildman–Crippen MR) is 78.0 cm³/mol. The normalized spacial score (nSPS) is 10.5. The first kappa shape index (κ1) is 14.9. The van der Waals surface area contributed by atoms with Gasteiger partial charge in [0.15, 0.2) is 23.6 Å². The van der Waals surface area contributed by atoms with Crippen LogP contribution in [0.15, 0.2) is 29.0 Å². The van der Waals surface area contributed by atoms with E-state index in [1.165, 1.54) is 6.39 Å². The molecule has 2 aromatic rings. The highest BCUT2D eigenvalue weighted by atomic mass is 16.5. The third-order valence-electron chi connectivity index (χ3n) is 2.74. The number of carbonyl (C=O) groups is 1. The number of methoxy groups -OCH3 is 1. The Morgan fingerprint density at radius 1 is 1.33 bits per heavy atom. The molecule has 6 nitrogen and oxygen atoms in total. The van der Waals surface area contributed by atoms with Crippen LogP contribution in [-0.4, -0.2) is 24.1 Å². The van der Waals surface area contributed by atoms with Crippen LogP contribution in [0.4, 0.5) is 5.69 Å². The fourth-order valence-corrected chi connectivity index (χ4v) is 1.81. The lowest BCUT2D eigenvalue weighted by Gasteiger charge is -2.15. The molecule has 0 saturated heterocycles. The van der Waals surface area contributed by atoms with Crippen molar-refractivity contribution in [3.8, 4) is 11.5 Å². The summed E-state index contributed by atoms with van der Waals surface area (Å²) in [7, 11) is 1.57. The summed E-state index contributed by atoms with van der Waals surface area (Å²) in [5, 5.41) is 2.75. The number of nitrogens with zero attached hydrogens (tertiary/aromatic N) is 1. The van der Waals surface area contributed by atoms with Gasteiger partial charge in [0.1, 0.15) is 5.76 Å². The zero-order valence-corrected chi connectivity index (χ0v) is 12.5. The molecule has 112 valence electrons. The van der Waals surface area contributed by atoms with Crippen LogP contribution in [0.5, 0.6) is 11.5 Å². The number of nitrogens with one attached hydrogen (secondary N) is 1. The van der Waals surface area contributed by atoms with E-state index < -0.39 is 0 Å². The summed E-state index contributed by atoms with van der Waals surface area (Å²) in [4.78, 5) is 16.0. The molecule has 0 radical (unpaired) electrons. The average molecular weight is 290 g/mol. The van der Waals surface area contributed by atoms with E-state index >= 15 is 0 Å². The van der Waals surface area contributed by atoms with Gasteiger partial charge < -0.3 is 19.2 Å². The SMILES string of the molecule is COc1ccc(NC(=O)c2ncoc2C)cc1OC(C)C. The molecule has 0 atom stereocenters. The van der Waals surface area contributed by atoms with Crippen LogP contribution in [0.3, 0.4) is 0 Å². The molecule has 2 rings (SSSR count). The highest BCUT2D eigenvalue weighted by Crippen LogP contribution is 2.31. The quantitative estimate of drug-likeness (QED) is 0.916. The van der Waals surface area contributed by atoms with Gasteiger partial charge in [-0.25, -0.2) is 4.98 Å². The molecule has 1 N–H and O–H groups in total. The Kier molecular flexibility index (Phi) is 4.47. The molecule has 0 saturated carbocycles. The summed E-state index contributed by atoms with van der Waals surface area (Å²) < 4.78 is 15.9. The number of aromatic nitrogens is 1. The minimum absolute atomic E-state index is 0.00244. The van der Waals surface area contributed by atoms with E-state index in [0.29, 0.717) is 22.9 Å². The molecule has 1 aromatic heterocycles. The molecular formula is C15H18N2O4. The van der Waals surface area contributed by atoms with E-state index in [4.69, 9.17) is 13.9 Å². The van der Waals surface area contributed by atoms with Gasteiger partial charge in [-0.1, -0.05) is 0 Å². The van der Waals surface area contributed by atoms with Gasteiger partial charge in [0, 0.05) is 11.8 Å². The van der Waals surface area contributed by atoms with Crippen molar-refractivity contribution in [3.63, 3.8) is 0 Å². The maximum absolute atomic E-state index is 12.1. The summed E-state index contributed by atoms with van der Waals surface area (Å²) in [5.41, 5.74) is 0.857. The van der Waals surface area contributed by atoms with Crippen molar-refractivity contribution in [2.24, 2.45) is 0 Å². The minimum atomic E-state index is -0.332. The Bertz CT molecular complexity index is 634. The number of amides is 1. The van der Waals surface area contributed by atoms with Crippen molar-refractivity contribution in [2.75, 3.05) is 12.4 Å². The summed E-state index contributed by atoms with van der Waals surface area (Å²) in [6.45, 7) is 5.52. The summed E-state index contributed by atoms with van der Waals surface area (Å²) in [5.74, 6) is 1.32. The fourth-order valence-electron chi connectivity index (χ4n) is 1.81. The maximum atomic E-state index is 12.1. The van der Waals surface area contributed by atoms with Gasteiger partial charge in [-0.2, -0.15) is 0 Å². The second-order valence-corrected chi connectivity index (χ2v) is 4.74. The Morgan fingerprint density at radius 2 is 2.10 bits per heavy atom. The number of oxazole rings is 1. The zero-order chi connectivity index (χ0) is 15.4. The van der Waals surface area contributed by atoms with Crippen LogP contribution in [0.2, 0.25) is 0 Å². The predicted octanol–water partition coefficient (Wildman–Crippen LogP) is 3.03. The van der Waals surface area contributed by atoms with E-state index in [2.05, 4.69) is 10.3 Å². The maximum Gasteiger partial charge on any atom is 0.277 e. The van der Waals surface area contributed by atoms with Crippen molar-refractivity contribution >= 4 is 11.6 Å². The number of carbonyl (C=O) groups excluding carboxylic acids is 1. The molecule has 0 fully saturated rings. The van der Waals surface area contributed by atoms with Gasteiger partial charge in [0.2, 0.25) is 0 Å². The number of aryl methyl sites for hydroxylation is 1. The highest BCUT2D eigenvalue weighted by Gasteiger charge is 2.15. The fraction of sp³-hybridized carbons (Fsp3) is 0.333. The van der Waals surface area contributed by atoms with Gasteiger partial charge in [0.05, 0.1) is 13.2 Å². The van der Waals surface area contributed by atoms with E-state index in [0.717, 1.165) is 0 Å². The van der Waals surface area contributed by atoms with Crippen molar-refractivity contribution in [3.05, 3.63) is 36.0 Å². The number of hydrogen-bond acceptors (Lipinski definition) is 5. The van der Waals surface area contributed by atoms with Crippen molar-refractivity contribution in [1.82, 2.24) is 4.98 Å². The van der Waals surface area contributed by atoms with Gasteiger partial charge in [-0.3, -0.25) is 4.79 Å². The molecule has 0 unspecified atom stereocenters. The van der Waals surface area contributed by atoms with Crippen LogP contribution in [0.1, 0.15) is 30.1 Å². The first-order valence-corrected chi connectivity index (χ1v) is 6.57. The monoisotopic (exact) mass is 290 g/mol. The number of benzene rings is 1. The third kappa shape index (κ3) is 3.53. The highest BCUT2D eigenvalue weighted by molar-refractivity contribution is 6.03. The number of anilines is 1. The molecule has 6 heteroatoms. The molecule has 0 aliphatic rings. The Balaban J connectivity index is 2.20. The zero-order valence-electron chi connectivity index (χ0n) is 12.5. The second kappa shape index (κ2) is 6.30. The van der Waals surface area contributed by atoms with E-state index in [1.54, 1.807) is 32.2 Å². The molecule has 0 spiro atoms. The number of ether oxygens (including phenoxy) is 2. The topological polar surface area (TPSA) is 73.6 Å². The lowest BCUT2D eigenvalue weighted by molar-refractivity contribution is 0.102. The number of hydrogen-bond donors (Lipinski definition) is 1. The third-order valence-corrected chi connectivity index (χ3v) is 2.74. The lowest BCUT2D eigenvalue weighted by atomic mass is 10.2. The van der Waals surface area contributed by atoms with Crippen molar-refractivity contribution in [1.29, 1.82) is 0 Å². The van der Waals surface area contributed by atoms with Gasteiger partial charge >= 0.3 is 0 Å². The Morgan fingerprint density at radius 3 is 2.67 bits per heavy atom. The van der Waals surface area contributed by atoms with E-state index in [-0.39, 0.29) is 17.7 Å². The molecule has 1 aromatic carbocycles. The van der Waals surface area contributed by atoms with Crippen molar-refractivity contribution in [2.45, 2.75) is 26.9 Å². The van der Waals surface area contributed by atoms with Gasteiger partial charge in [-0.15, -0.1) is 0 Å². The molecule has 21 heavy (non-hydrogen) atoms. The summed E-state index contributed by atoms with van der Waals surface area (Å²) in [6, 6.07) is 5.19. The van der Waals surface area contributed by atoms with Crippen LogP contribution in [0, 0.1) is 6.92 Å². The smallest absolute Gasteiger partial charge is 0.277 e. The first-order chi connectivity index (χ1) is 10.0. The van der Waals surface area contributed by atoms with E-state index in [1.807, 2.05) is 13.8 Å². The lowest BCUT2D eigenvalue weighted by Crippen LogP contribution is -2.14. The molecule has 0 aliphatic heterocycles. The average Bonchev–Trinajstić information content (AvgIpc) is 2.85. The largest absolute Gasteiger partial charge is 0.493 e. The first-order valence-electron chi connectivity index (χ1n) is 6.57. The van der Waals surface area contributed by atoms with E-state index in [9.17, 15) is 4.79 Å². The Labute approximate surface area is 123 Å². The van der Waals surface area contributed by atoms with Gasteiger partial charge in [0.25, 0.3) is 5.91 Å². The second-order valence-electron chi connectivity index (χ2n) is 4.74. The molecular weight excluding hydrogens is 272 g/mol. The summed E-state index contributed by atoms with van der Waals surface area (Å²) >= 11 is 0. The van der Waals surface area contributed by atoms with Crippen LogP contribution < -0.4 is 14.8 Å². The summed E-state index contributed by atoms with van der Waals surface area (Å²) in [6.07, 6.45) is 1.24. The minimum Gasteiger partial charge on any atom is -0.493 e. The molecule has 1 amide bonds. The van der Waals surface area contributed by atoms with Crippen LogP contribution >= 0.6 is 0 Å². The van der Waals surface area contributed by atoms with Crippen LogP contribution in [-0.2, 0) is 0 Å². The Hall–Kier alpha value is -2.50.